The molecular formula is C11H15NS. The molecule has 70 valence electrons. The molecule has 0 unspecified atom stereocenters. The Morgan fingerprint density at radius 1 is 1.46 bits per heavy atom. The highest BCUT2D eigenvalue weighted by atomic mass is 32.2. The van der Waals surface area contributed by atoms with Gasteiger partial charge in [0.15, 0.2) is 0 Å². The zero-order valence-electron chi connectivity index (χ0n) is 7.92. The Bertz CT molecular complexity index is 309. The lowest BCUT2D eigenvalue weighted by molar-refractivity contribution is 0.569. The van der Waals surface area contributed by atoms with Crippen molar-refractivity contribution in [1.82, 2.24) is 0 Å². The van der Waals surface area contributed by atoms with Crippen LogP contribution in [0.15, 0.2) is 23.1 Å². The minimum Gasteiger partial charge on any atom is -0.324 e. The van der Waals surface area contributed by atoms with Gasteiger partial charge in [-0.3, -0.25) is 0 Å². The van der Waals surface area contributed by atoms with Crippen LogP contribution in [0.25, 0.3) is 0 Å². The van der Waals surface area contributed by atoms with E-state index in [0.717, 1.165) is 6.42 Å². The second-order valence-electron chi connectivity index (χ2n) is 3.56. The van der Waals surface area contributed by atoms with E-state index in [2.05, 4.69) is 24.5 Å². The first-order valence-electron chi connectivity index (χ1n) is 4.73. The van der Waals surface area contributed by atoms with E-state index in [0.29, 0.717) is 0 Å². The van der Waals surface area contributed by atoms with Crippen molar-refractivity contribution in [2.24, 2.45) is 5.73 Å². The third-order valence-electron chi connectivity index (χ3n) is 2.71. The maximum atomic E-state index is 6.06. The molecule has 2 N–H and O–H groups in total. The Balaban J connectivity index is 2.41. The third kappa shape index (κ3) is 1.74. The lowest BCUT2D eigenvalue weighted by atomic mass is 9.88. The van der Waals surface area contributed by atoms with Crippen LogP contribution in [-0.2, 0) is 6.42 Å². The average molecular weight is 193 g/mol. The van der Waals surface area contributed by atoms with E-state index in [1.165, 1.54) is 28.9 Å². The summed E-state index contributed by atoms with van der Waals surface area (Å²) < 4.78 is 0. The van der Waals surface area contributed by atoms with Crippen LogP contribution in [0.5, 0.6) is 0 Å². The third-order valence-corrected chi connectivity index (χ3v) is 3.44. The molecule has 0 saturated heterocycles. The molecule has 0 bridgehead atoms. The minimum atomic E-state index is 0.274. The van der Waals surface area contributed by atoms with Crippen molar-refractivity contribution < 1.29 is 0 Å². The van der Waals surface area contributed by atoms with Crippen molar-refractivity contribution in [2.45, 2.75) is 30.2 Å². The molecule has 1 aromatic rings. The molecule has 1 aromatic carbocycles. The van der Waals surface area contributed by atoms with Gasteiger partial charge in [0.2, 0.25) is 0 Å². The SMILES string of the molecule is CSc1ccc2c(c1)[C@@H](N)CCC2. The topological polar surface area (TPSA) is 26.0 Å². The van der Waals surface area contributed by atoms with Gasteiger partial charge in [0.25, 0.3) is 0 Å². The minimum absolute atomic E-state index is 0.274. The van der Waals surface area contributed by atoms with Gasteiger partial charge >= 0.3 is 0 Å². The molecule has 0 fully saturated rings. The number of benzene rings is 1. The number of aryl methyl sites for hydroxylation is 1. The maximum Gasteiger partial charge on any atom is 0.0298 e. The Morgan fingerprint density at radius 3 is 3.08 bits per heavy atom. The lowest BCUT2D eigenvalue weighted by Crippen LogP contribution is -2.17. The zero-order valence-corrected chi connectivity index (χ0v) is 8.73. The first kappa shape index (κ1) is 9.10. The molecule has 1 aliphatic rings. The van der Waals surface area contributed by atoms with Crippen molar-refractivity contribution in [3.05, 3.63) is 29.3 Å². The van der Waals surface area contributed by atoms with Crippen LogP contribution in [0.2, 0.25) is 0 Å². The van der Waals surface area contributed by atoms with E-state index < -0.39 is 0 Å². The van der Waals surface area contributed by atoms with E-state index in [-0.39, 0.29) is 6.04 Å². The fourth-order valence-electron chi connectivity index (χ4n) is 1.94. The Hall–Kier alpha value is -0.470. The predicted molar refractivity (Wildman–Crippen MR) is 58.1 cm³/mol. The van der Waals surface area contributed by atoms with Crippen molar-refractivity contribution in [3.63, 3.8) is 0 Å². The molecule has 1 atom stereocenters. The molecule has 0 saturated carbocycles. The number of hydrogen-bond acceptors (Lipinski definition) is 2. The van der Waals surface area contributed by atoms with Gasteiger partial charge in [-0.05, 0) is 48.8 Å². The molecule has 1 nitrogen and oxygen atoms in total. The molecule has 0 spiro atoms. The van der Waals surface area contributed by atoms with Gasteiger partial charge in [-0.1, -0.05) is 6.07 Å². The number of rotatable bonds is 1. The maximum absolute atomic E-state index is 6.06. The lowest BCUT2D eigenvalue weighted by Gasteiger charge is -2.22. The number of fused-ring (bicyclic) bond motifs is 1. The highest BCUT2D eigenvalue weighted by Gasteiger charge is 2.16. The Labute approximate surface area is 83.7 Å². The van der Waals surface area contributed by atoms with Crippen LogP contribution in [-0.4, -0.2) is 6.26 Å². The highest BCUT2D eigenvalue weighted by Crippen LogP contribution is 2.30. The number of hydrogen-bond donors (Lipinski definition) is 1. The number of nitrogens with two attached hydrogens (primary N) is 1. The summed E-state index contributed by atoms with van der Waals surface area (Å²) in [4.78, 5) is 1.33. The molecule has 2 rings (SSSR count). The largest absolute Gasteiger partial charge is 0.324 e. The molecule has 2 heteroatoms. The predicted octanol–water partition coefficient (Wildman–Crippen LogP) is 2.74. The molecule has 1 aliphatic carbocycles. The second-order valence-corrected chi connectivity index (χ2v) is 4.44. The fourth-order valence-corrected chi connectivity index (χ4v) is 2.39. The second kappa shape index (κ2) is 3.72. The summed E-state index contributed by atoms with van der Waals surface area (Å²) in [6, 6.07) is 6.96. The van der Waals surface area contributed by atoms with Crippen LogP contribution in [0.3, 0.4) is 0 Å². The summed E-state index contributed by atoms with van der Waals surface area (Å²) >= 11 is 1.79. The fraction of sp³-hybridized carbons (Fsp3) is 0.455. The first-order chi connectivity index (χ1) is 6.31. The summed E-state index contributed by atoms with van der Waals surface area (Å²) in [7, 11) is 0. The molecule has 0 heterocycles. The van der Waals surface area contributed by atoms with Crippen molar-refractivity contribution in [1.29, 1.82) is 0 Å². The summed E-state index contributed by atoms with van der Waals surface area (Å²) in [5.74, 6) is 0. The highest BCUT2D eigenvalue weighted by molar-refractivity contribution is 7.98. The van der Waals surface area contributed by atoms with Crippen LogP contribution in [0, 0.1) is 0 Å². The van der Waals surface area contributed by atoms with Gasteiger partial charge in [-0.2, -0.15) is 0 Å². The standard InChI is InChI=1S/C11H15NS/c1-13-9-6-5-8-3-2-4-11(12)10(8)7-9/h5-7,11H,2-4,12H2,1H3/t11-/m0/s1. The Kier molecular flexibility index (Phi) is 2.61. The zero-order chi connectivity index (χ0) is 9.26. The molecule has 0 amide bonds. The molecule has 0 aliphatic heterocycles. The van der Waals surface area contributed by atoms with Crippen LogP contribution >= 0.6 is 11.8 Å². The van der Waals surface area contributed by atoms with E-state index >= 15 is 0 Å². The molecule has 0 radical (unpaired) electrons. The van der Waals surface area contributed by atoms with Gasteiger partial charge in [0.1, 0.15) is 0 Å². The summed E-state index contributed by atoms with van der Waals surface area (Å²) in [6.07, 6.45) is 5.70. The van der Waals surface area contributed by atoms with Crippen LogP contribution in [0.1, 0.15) is 30.0 Å². The van der Waals surface area contributed by atoms with Gasteiger partial charge in [0, 0.05) is 10.9 Å². The molecular weight excluding hydrogens is 178 g/mol. The average Bonchev–Trinajstić information content (AvgIpc) is 2.18. The quantitative estimate of drug-likeness (QED) is 0.694. The van der Waals surface area contributed by atoms with Gasteiger partial charge in [-0.15, -0.1) is 11.8 Å². The van der Waals surface area contributed by atoms with Gasteiger partial charge in [-0.25, -0.2) is 0 Å². The normalized spacial score (nSPS) is 21.2. The molecule has 13 heavy (non-hydrogen) atoms. The first-order valence-corrected chi connectivity index (χ1v) is 5.96. The smallest absolute Gasteiger partial charge is 0.0298 e. The van der Waals surface area contributed by atoms with Crippen molar-refractivity contribution in [3.8, 4) is 0 Å². The monoisotopic (exact) mass is 193 g/mol. The van der Waals surface area contributed by atoms with Gasteiger partial charge < -0.3 is 5.73 Å². The summed E-state index contributed by atoms with van der Waals surface area (Å²) in [6.45, 7) is 0. The van der Waals surface area contributed by atoms with E-state index in [1.807, 2.05) is 0 Å². The number of thioether (sulfide) groups is 1. The summed E-state index contributed by atoms with van der Waals surface area (Å²) in [5.41, 5.74) is 8.89. The van der Waals surface area contributed by atoms with Gasteiger partial charge in [0.05, 0.1) is 0 Å². The van der Waals surface area contributed by atoms with Crippen molar-refractivity contribution >= 4 is 11.8 Å². The van der Waals surface area contributed by atoms with E-state index in [1.54, 1.807) is 11.8 Å². The van der Waals surface area contributed by atoms with E-state index in [4.69, 9.17) is 5.73 Å². The summed E-state index contributed by atoms with van der Waals surface area (Å²) in [5, 5.41) is 0. The van der Waals surface area contributed by atoms with Crippen LogP contribution < -0.4 is 5.73 Å². The Morgan fingerprint density at radius 2 is 2.31 bits per heavy atom. The molecule has 0 aromatic heterocycles. The van der Waals surface area contributed by atoms with Crippen molar-refractivity contribution in [2.75, 3.05) is 6.26 Å². The van der Waals surface area contributed by atoms with Crippen LogP contribution in [0.4, 0.5) is 0 Å². The van der Waals surface area contributed by atoms with E-state index in [9.17, 15) is 0 Å².